The number of thiocarbonyl (C=S) groups is 1. The normalized spacial score (nSPS) is 17.5. The molecule has 0 saturated carbocycles. The van der Waals surface area contributed by atoms with Gasteiger partial charge in [0.1, 0.15) is 5.75 Å². The molecule has 1 aliphatic rings. The van der Waals surface area contributed by atoms with Crippen LogP contribution in [-0.2, 0) is 0 Å². The highest BCUT2D eigenvalue weighted by molar-refractivity contribution is 7.80. The number of benzene rings is 2. The molecule has 1 saturated heterocycles. The van der Waals surface area contributed by atoms with Gasteiger partial charge in [-0.05, 0) is 98.4 Å². The van der Waals surface area contributed by atoms with Crippen LogP contribution >= 0.6 is 12.2 Å². The van der Waals surface area contributed by atoms with Crippen molar-refractivity contribution in [1.29, 1.82) is 0 Å². The number of phenols is 1. The lowest BCUT2D eigenvalue weighted by molar-refractivity contribution is 0.475. The second-order valence-electron chi connectivity index (χ2n) is 9.09. The lowest BCUT2D eigenvalue weighted by Crippen LogP contribution is -2.29. The molecule has 0 bridgehead atoms. The molecule has 4 aromatic rings. The van der Waals surface area contributed by atoms with Crippen molar-refractivity contribution >= 4 is 28.7 Å². The van der Waals surface area contributed by atoms with E-state index in [1.165, 1.54) is 5.56 Å². The third-order valence-corrected chi connectivity index (χ3v) is 6.95. The Morgan fingerprint density at radius 3 is 2.26 bits per heavy atom. The Hall–Kier alpha value is -3.84. The SMILES string of the molecule is Cc1cc([C@H]2[C@H](c3ccccn3)NC(=S)N2c2ccc(O)cc2)c(C)n1-c1ccc(N(C)C)cc1. The van der Waals surface area contributed by atoms with Gasteiger partial charge >= 0.3 is 0 Å². The summed E-state index contributed by atoms with van der Waals surface area (Å²) in [4.78, 5) is 8.89. The number of aryl methyl sites for hydroxylation is 1. The van der Waals surface area contributed by atoms with Crippen LogP contribution in [0.3, 0.4) is 0 Å². The minimum Gasteiger partial charge on any atom is -0.508 e. The fourth-order valence-electron chi connectivity index (χ4n) is 4.95. The fraction of sp³-hybridized carbons (Fsp3) is 0.214. The molecule has 2 atom stereocenters. The quantitative estimate of drug-likeness (QED) is 0.369. The smallest absolute Gasteiger partial charge is 0.174 e. The van der Waals surface area contributed by atoms with Crippen molar-refractivity contribution in [2.45, 2.75) is 25.9 Å². The summed E-state index contributed by atoms with van der Waals surface area (Å²) >= 11 is 5.84. The van der Waals surface area contributed by atoms with Crippen molar-refractivity contribution in [3.8, 4) is 11.4 Å². The highest BCUT2D eigenvalue weighted by Crippen LogP contribution is 2.44. The molecule has 2 aromatic heterocycles. The van der Waals surface area contributed by atoms with Crippen LogP contribution in [0, 0.1) is 13.8 Å². The van der Waals surface area contributed by atoms with Gasteiger partial charge in [-0.25, -0.2) is 0 Å². The van der Waals surface area contributed by atoms with E-state index < -0.39 is 0 Å². The number of pyridine rings is 1. The molecule has 0 spiro atoms. The highest BCUT2D eigenvalue weighted by Gasteiger charge is 2.42. The fourth-order valence-corrected chi connectivity index (χ4v) is 5.29. The van der Waals surface area contributed by atoms with Crippen molar-refractivity contribution in [3.63, 3.8) is 0 Å². The van der Waals surface area contributed by atoms with Crippen LogP contribution < -0.4 is 15.1 Å². The van der Waals surface area contributed by atoms with Gasteiger partial charge in [0.15, 0.2) is 5.11 Å². The minimum atomic E-state index is -0.123. The van der Waals surface area contributed by atoms with Crippen LogP contribution in [0.25, 0.3) is 5.69 Å². The summed E-state index contributed by atoms with van der Waals surface area (Å²) in [7, 11) is 4.09. The first-order valence-electron chi connectivity index (χ1n) is 11.6. The van der Waals surface area contributed by atoms with E-state index in [2.05, 4.69) is 68.8 Å². The van der Waals surface area contributed by atoms with Crippen LogP contribution in [0.2, 0.25) is 0 Å². The zero-order valence-electron chi connectivity index (χ0n) is 20.3. The van der Waals surface area contributed by atoms with Gasteiger partial charge in [0.2, 0.25) is 0 Å². The molecule has 5 rings (SSSR count). The maximum atomic E-state index is 9.86. The van der Waals surface area contributed by atoms with Crippen LogP contribution in [-0.4, -0.2) is 33.9 Å². The molecule has 0 unspecified atom stereocenters. The molecule has 3 heterocycles. The van der Waals surface area contributed by atoms with E-state index >= 15 is 0 Å². The molecule has 2 aromatic carbocycles. The summed E-state index contributed by atoms with van der Waals surface area (Å²) in [5.41, 5.74) is 7.62. The predicted molar refractivity (Wildman–Crippen MR) is 146 cm³/mol. The van der Waals surface area contributed by atoms with E-state index in [0.717, 1.165) is 34.1 Å². The summed E-state index contributed by atoms with van der Waals surface area (Å²) in [6, 6.07) is 23.8. The summed E-state index contributed by atoms with van der Waals surface area (Å²) < 4.78 is 2.29. The van der Waals surface area contributed by atoms with Gasteiger partial charge in [0.05, 0.1) is 17.8 Å². The first-order valence-corrected chi connectivity index (χ1v) is 12.0. The van der Waals surface area contributed by atoms with Crippen LogP contribution in [0.1, 0.15) is 34.7 Å². The molecule has 0 amide bonds. The standard InChI is InChI=1S/C28H29N5OS/c1-18-17-24(19(2)32(18)21-10-8-20(9-11-21)31(3)4)27-26(25-7-5-6-16-29-25)30-28(35)33(27)22-12-14-23(34)15-13-22/h5-17,26-27,34H,1-4H3,(H,30,35)/t26-,27-/m0/s1. The number of anilines is 2. The largest absolute Gasteiger partial charge is 0.508 e. The molecule has 7 heteroatoms. The third-order valence-electron chi connectivity index (χ3n) is 6.64. The summed E-state index contributed by atoms with van der Waals surface area (Å²) in [5, 5.41) is 14.0. The molecule has 0 radical (unpaired) electrons. The number of nitrogens with zero attached hydrogens (tertiary/aromatic N) is 4. The number of hydrogen-bond donors (Lipinski definition) is 2. The zero-order chi connectivity index (χ0) is 24.7. The van der Waals surface area contributed by atoms with Gasteiger partial charge in [-0.3, -0.25) is 4.98 Å². The third kappa shape index (κ3) is 4.12. The molecule has 6 nitrogen and oxygen atoms in total. The minimum absolute atomic E-state index is 0.108. The Balaban J connectivity index is 1.64. The lowest BCUT2D eigenvalue weighted by Gasteiger charge is -2.28. The average Bonchev–Trinajstić information content (AvgIpc) is 3.35. The van der Waals surface area contributed by atoms with Crippen LogP contribution in [0.15, 0.2) is 79.0 Å². The van der Waals surface area contributed by atoms with Gasteiger partial charge < -0.3 is 24.8 Å². The summed E-state index contributed by atoms with van der Waals surface area (Å²) in [6.07, 6.45) is 1.82. The number of hydrogen-bond acceptors (Lipinski definition) is 4. The summed E-state index contributed by atoms with van der Waals surface area (Å²) in [5.74, 6) is 0.226. The van der Waals surface area contributed by atoms with E-state index in [1.807, 2.05) is 50.6 Å². The Labute approximate surface area is 211 Å². The second kappa shape index (κ2) is 9.07. The van der Waals surface area contributed by atoms with E-state index in [0.29, 0.717) is 5.11 Å². The molecular formula is C28H29N5OS. The number of aromatic nitrogens is 2. The number of nitrogens with one attached hydrogen (secondary N) is 1. The Morgan fingerprint density at radius 1 is 0.943 bits per heavy atom. The van der Waals surface area contributed by atoms with E-state index in [1.54, 1.807) is 12.1 Å². The molecule has 178 valence electrons. The first kappa shape index (κ1) is 22.9. The number of aromatic hydroxyl groups is 1. The van der Waals surface area contributed by atoms with Crippen molar-refractivity contribution in [1.82, 2.24) is 14.9 Å². The topological polar surface area (TPSA) is 56.6 Å². The van der Waals surface area contributed by atoms with E-state index in [9.17, 15) is 5.11 Å². The van der Waals surface area contributed by atoms with Gasteiger partial charge in [-0.1, -0.05) is 6.07 Å². The molecule has 35 heavy (non-hydrogen) atoms. The van der Waals surface area contributed by atoms with Gasteiger partial charge in [0, 0.05) is 48.7 Å². The Kier molecular flexibility index (Phi) is 5.94. The van der Waals surface area contributed by atoms with Crippen molar-refractivity contribution < 1.29 is 5.11 Å². The van der Waals surface area contributed by atoms with Crippen LogP contribution in [0.5, 0.6) is 5.75 Å². The summed E-state index contributed by atoms with van der Waals surface area (Å²) in [6.45, 7) is 4.30. The average molecular weight is 484 g/mol. The van der Waals surface area contributed by atoms with Crippen molar-refractivity contribution in [2.24, 2.45) is 0 Å². The Morgan fingerprint density at radius 2 is 1.63 bits per heavy atom. The number of phenolic OH excluding ortho intramolecular Hbond substituents is 1. The highest BCUT2D eigenvalue weighted by atomic mass is 32.1. The van der Waals surface area contributed by atoms with Gasteiger partial charge in [-0.15, -0.1) is 0 Å². The molecule has 1 fully saturated rings. The van der Waals surface area contributed by atoms with Gasteiger partial charge in [0.25, 0.3) is 0 Å². The van der Waals surface area contributed by atoms with Gasteiger partial charge in [-0.2, -0.15) is 0 Å². The number of rotatable bonds is 5. The van der Waals surface area contributed by atoms with Crippen LogP contribution in [0.4, 0.5) is 11.4 Å². The first-order chi connectivity index (χ1) is 16.8. The van der Waals surface area contributed by atoms with Crippen molar-refractivity contribution in [2.75, 3.05) is 23.9 Å². The van der Waals surface area contributed by atoms with E-state index in [4.69, 9.17) is 12.2 Å². The van der Waals surface area contributed by atoms with Crippen molar-refractivity contribution in [3.05, 3.63) is 102 Å². The second-order valence-corrected chi connectivity index (χ2v) is 9.47. The maximum Gasteiger partial charge on any atom is 0.174 e. The molecule has 2 N–H and O–H groups in total. The molecule has 1 aliphatic heterocycles. The van der Waals surface area contributed by atoms with E-state index in [-0.39, 0.29) is 17.8 Å². The monoisotopic (exact) mass is 483 g/mol. The molecule has 0 aliphatic carbocycles. The Bertz CT molecular complexity index is 1350. The lowest BCUT2D eigenvalue weighted by atomic mass is 9.96. The predicted octanol–water partition coefficient (Wildman–Crippen LogP) is 5.44. The maximum absolute atomic E-state index is 9.86. The molecular weight excluding hydrogens is 454 g/mol. The zero-order valence-corrected chi connectivity index (χ0v) is 21.1.